The van der Waals surface area contributed by atoms with E-state index >= 15 is 0 Å². The van der Waals surface area contributed by atoms with Crippen molar-refractivity contribution in [1.29, 1.82) is 0 Å². The van der Waals surface area contributed by atoms with Crippen molar-refractivity contribution in [1.82, 2.24) is 4.90 Å². The Morgan fingerprint density at radius 2 is 1.61 bits per heavy atom. The van der Waals surface area contributed by atoms with Gasteiger partial charge in [0.1, 0.15) is 0 Å². The Bertz CT molecular complexity index is 678. The van der Waals surface area contributed by atoms with Crippen LogP contribution < -0.4 is 0 Å². The van der Waals surface area contributed by atoms with Crippen LogP contribution >= 0.6 is 0 Å². The summed E-state index contributed by atoms with van der Waals surface area (Å²) < 4.78 is 39.5. The molecule has 0 saturated carbocycles. The number of halogens is 3. The highest BCUT2D eigenvalue weighted by atomic mass is 19.2. The number of likely N-dealkylation sites (N-methyl/N-ethyl adjacent to an activating group) is 1. The summed E-state index contributed by atoms with van der Waals surface area (Å²) in [7, 11) is 0. The largest absolute Gasteiger partial charge is 0.395 e. The van der Waals surface area contributed by atoms with Crippen LogP contribution in [0.1, 0.15) is 17.3 Å². The fourth-order valence-corrected chi connectivity index (χ4v) is 2.23. The predicted octanol–water partition coefficient (Wildman–Crippen LogP) is 3.23. The Balaban J connectivity index is 2.27. The number of amides is 1. The maximum atomic E-state index is 13.3. The second-order valence-corrected chi connectivity index (χ2v) is 4.94. The molecule has 0 unspecified atom stereocenters. The van der Waals surface area contributed by atoms with Gasteiger partial charge in [-0.15, -0.1) is 0 Å². The van der Waals surface area contributed by atoms with Crippen LogP contribution in [-0.4, -0.2) is 35.6 Å². The number of nitrogens with zero attached hydrogens (tertiary/aromatic N) is 1. The second kappa shape index (κ2) is 7.28. The van der Waals surface area contributed by atoms with Crippen molar-refractivity contribution in [2.24, 2.45) is 0 Å². The molecule has 1 N–H and O–H groups in total. The molecule has 3 nitrogen and oxygen atoms in total. The molecule has 0 radical (unpaired) electrons. The quantitative estimate of drug-likeness (QED) is 0.858. The second-order valence-electron chi connectivity index (χ2n) is 4.94. The minimum atomic E-state index is -1.51. The standard InChI is InChI=1S/C17H16F3NO2/c1-2-21(7-8-22)17(23)12-5-3-11(4-6-12)13-9-14(18)16(20)15(19)10-13/h3-6,9-10,22H,2,7-8H2,1H3. The molecule has 2 rings (SSSR count). The Morgan fingerprint density at radius 3 is 2.09 bits per heavy atom. The molecule has 0 heterocycles. The van der Waals surface area contributed by atoms with E-state index in [1.54, 1.807) is 6.92 Å². The average Bonchev–Trinajstić information content (AvgIpc) is 2.56. The molecule has 6 heteroatoms. The lowest BCUT2D eigenvalue weighted by atomic mass is 10.0. The summed E-state index contributed by atoms with van der Waals surface area (Å²) >= 11 is 0. The first kappa shape index (κ1) is 17.0. The Morgan fingerprint density at radius 1 is 1.04 bits per heavy atom. The topological polar surface area (TPSA) is 40.5 Å². The average molecular weight is 323 g/mol. The van der Waals surface area contributed by atoms with Crippen LogP contribution in [0.25, 0.3) is 11.1 Å². The van der Waals surface area contributed by atoms with Crippen molar-refractivity contribution < 1.29 is 23.1 Å². The third-order valence-electron chi connectivity index (χ3n) is 3.49. The summed E-state index contributed by atoms with van der Waals surface area (Å²) in [6, 6.07) is 7.92. The fourth-order valence-electron chi connectivity index (χ4n) is 2.23. The van der Waals surface area contributed by atoms with Crippen molar-refractivity contribution in [3.8, 4) is 11.1 Å². The zero-order valence-corrected chi connectivity index (χ0v) is 12.5. The van der Waals surface area contributed by atoms with Crippen molar-refractivity contribution >= 4 is 5.91 Å². The van der Waals surface area contributed by atoms with E-state index in [0.717, 1.165) is 12.1 Å². The highest BCUT2D eigenvalue weighted by molar-refractivity contribution is 5.94. The molecular weight excluding hydrogens is 307 g/mol. The van der Waals surface area contributed by atoms with Gasteiger partial charge in [-0.1, -0.05) is 12.1 Å². The number of aliphatic hydroxyl groups is 1. The SMILES string of the molecule is CCN(CCO)C(=O)c1ccc(-c2cc(F)c(F)c(F)c2)cc1. The summed E-state index contributed by atoms with van der Waals surface area (Å²) in [5, 5.41) is 8.94. The molecule has 0 atom stereocenters. The summed E-state index contributed by atoms with van der Waals surface area (Å²) in [5.41, 5.74) is 1.04. The van der Waals surface area contributed by atoms with Gasteiger partial charge in [-0.25, -0.2) is 13.2 Å². The first-order valence-electron chi connectivity index (χ1n) is 7.13. The minimum Gasteiger partial charge on any atom is -0.395 e. The van der Waals surface area contributed by atoms with Crippen LogP contribution in [0.2, 0.25) is 0 Å². The minimum absolute atomic E-state index is 0.133. The summed E-state index contributed by atoms with van der Waals surface area (Å²) in [5.74, 6) is -4.28. The normalized spacial score (nSPS) is 10.7. The smallest absolute Gasteiger partial charge is 0.253 e. The highest BCUT2D eigenvalue weighted by Crippen LogP contribution is 2.24. The number of rotatable bonds is 5. The monoisotopic (exact) mass is 323 g/mol. The van der Waals surface area contributed by atoms with Crippen molar-refractivity contribution in [2.75, 3.05) is 19.7 Å². The Hall–Kier alpha value is -2.34. The molecule has 0 fully saturated rings. The number of aliphatic hydroxyl groups excluding tert-OH is 1. The molecule has 0 aliphatic heterocycles. The predicted molar refractivity (Wildman–Crippen MR) is 80.4 cm³/mol. The van der Waals surface area contributed by atoms with Gasteiger partial charge in [0.15, 0.2) is 17.5 Å². The van der Waals surface area contributed by atoms with Gasteiger partial charge in [-0.3, -0.25) is 4.79 Å². The molecule has 2 aromatic rings. The molecule has 0 aliphatic carbocycles. The highest BCUT2D eigenvalue weighted by Gasteiger charge is 2.15. The fraction of sp³-hybridized carbons (Fsp3) is 0.235. The molecule has 0 bridgehead atoms. The van der Waals surface area contributed by atoms with Crippen molar-refractivity contribution in [3.63, 3.8) is 0 Å². The van der Waals surface area contributed by atoms with Gasteiger partial charge in [-0.2, -0.15) is 0 Å². The van der Waals surface area contributed by atoms with Gasteiger partial charge in [0.05, 0.1) is 6.61 Å². The molecule has 2 aromatic carbocycles. The maximum Gasteiger partial charge on any atom is 0.253 e. The van der Waals surface area contributed by atoms with Crippen LogP contribution in [0, 0.1) is 17.5 Å². The van der Waals surface area contributed by atoms with Crippen LogP contribution in [-0.2, 0) is 0 Å². The zero-order chi connectivity index (χ0) is 17.0. The molecular formula is C17H16F3NO2. The van der Waals surface area contributed by atoms with E-state index in [4.69, 9.17) is 5.11 Å². The molecule has 23 heavy (non-hydrogen) atoms. The number of carbonyl (C=O) groups excluding carboxylic acids is 1. The van der Waals surface area contributed by atoms with E-state index in [1.165, 1.54) is 29.2 Å². The van der Waals surface area contributed by atoms with E-state index in [0.29, 0.717) is 17.7 Å². The molecule has 0 saturated heterocycles. The molecule has 0 aromatic heterocycles. The molecule has 0 aliphatic rings. The number of carbonyl (C=O) groups is 1. The maximum absolute atomic E-state index is 13.3. The lowest BCUT2D eigenvalue weighted by Gasteiger charge is -2.19. The van der Waals surface area contributed by atoms with Crippen LogP contribution in [0.3, 0.4) is 0 Å². The number of hydrogen-bond acceptors (Lipinski definition) is 2. The van der Waals surface area contributed by atoms with E-state index in [2.05, 4.69) is 0 Å². The van der Waals surface area contributed by atoms with Gasteiger partial charge < -0.3 is 10.0 Å². The third kappa shape index (κ3) is 3.71. The summed E-state index contributed by atoms with van der Waals surface area (Å²) in [6.07, 6.45) is 0. The number of hydrogen-bond donors (Lipinski definition) is 1. The van der Waals surface area contributed by atoms with Crippen molar-refractivity contribution in [2.45, 2.75) is 6.92 Å². The third-order valence-corrected chi connectivity index (χ3v) is 3.49. The molecule has 1 amide bonds. The lowest BCUT2D eigenvalue weighted by molar-refractivity contribution is 0.0732. The summed E-state index contributed by atoms with van der Waals surface area (Å²) in [6.45, 7) is 2.35. The van der Waals surface area contributed by atoms with Gasteiger partial charge in [-0.05, 0) is 42.3 Å². The van der Waals surface area contributed by atoms with Gasteiger partial charge >= 0.3 is 0 Å². The zero-order valence-electron chi connectivity index (χ0n) is 12.5. The van der Waals surface area contributed by atoms with Crippen molar-refractivity contribution in [3.05, 3.63) is 59.4 Å². The van der Waals surface area contributed by atoms with Crippen LogP contribution in [0.15, 0.2) is 36.4 Å². The first-order valence-corrected chi connectivity index (χ1v) is 7.13. The van der Waals surface area contributed by atoms with Crippen LogP contribution in [0.4, 0.5) is 13.2 Å². The lowest BCUT2D eigenvalue weighted by Crippen LogP contribution is -2.33. The van der Waals surface area contributed by atoms with Gasteiger partial charge in [0.2, 0.25) is 0 Å². The molecule has 0 spiro atoms. The van der Waals surface area contributed by atoms with E-state index in [1.807, 2.05) is 0 Å². The first-order chi connectivity index (χ1) is 11.0. The Labute approximate surface area is 132 Å². The van der Waals surface area contributed by atoms with Crippen LogP contribution in [0.5, 0.6) is 0 Å². The van der Waals surface area contributed by atoms with Gasteiger partial charge in [0.25, 0.3) is 5.91 Å². The van der Waals surface area contributed by atoms with E-state index in [9.17, 15) is 18.0 Å². The van der Waals surface area contributed by atoms with E-state index < -0.39 is 17.5 Å². The summed E-state index contributed by atoms with van der Waals surface area (Å²) in [4.78, 5) is 13.7. The van der Waals surface area contributed by atoms with Gasteiger partial charge in [0, 0.05) is 18.7 Å². The molecule has 122 valence electrons. The number of benzene rings is 2. The Kier molecular flexibility index (Phi) is 5.39. The van der Waals surface area contributed by atoms with E-state index in [-0.39, 0.29) is 24.6 Å².